The molecular formula is C26H32N4O3S. The van der Waals surface area contributed by atoms with E-state index in [1.807, 2.05) is 56.5 Å². The smallest absolute Gasteiger partial charge is 0.256 e. The number of amides is 2. The lowest BCUT2D eigenvalue weighted by Gasteiger charge is -2.26. The molecule has 1 aromatic heterocycles. The van der Waals surface area contributed by atoms with E-state index < -0.39 is 5.91 Å². The lowest BCUT2D eigenvalue weighted by atomic mass is 9.86. The summed E-state index contributed by atoms with van der Waals surface area (Å²) >= 11 is 1.51. The number of hydrogen-bond acceptors (Lipinski definition) is 6. The molecule has 0 saturated carbocycles. The topological polar surface area (TPSA) is 97.6 Å². The molecule has 0 spiro atoms. The van der Waals surface area contributed by atoms with Crippen LogP contribution < -0.4 is 15.8 Å². The van der Waals surface area contributed by atoms with Crippen molar-refractivity contribution < 1.29 is 14.3 Å². The molecule has 1 unspecified atom stereocenters. The first-order valence-corrected chi connectivity index (χ1v) is 12.1. The Morgan fingerprint density at radius 3 is 2.53 bits per heavy atom. The second kappa shape index (κ2) is 11.2. The fourth-order valence-corrected chi connectivity index (χ4v) is 4.70. The summed E-state index contributed by atoms with van der Waals surface area (Å²) in [7, 11) is 3.26. The molecule has 0 aliphatic carbocycles. The summed E-state index contributed by atoms with van der Waals surface area (Å²) < 4.78 is 5.63. The van der Waals surface area contributed by atoms with Gasteiger partial charge in [-0.25, -0.2) is 4.98 Å². The van der Waals surface area contributed by atoms with Crippen LogP contribution in [0.1, 0.15) is 68.7 Å². The predicted octanol–water partition coefficient (Wildman–Crippen LogP) is 4.96. The highest BCUT2D eigenvalue weighted by molar-refractivity contribution is 7.09. The number of thiazole rings is 1. The van der Waals surface area contributed by atoms with Crippen LogP contribution in [0.25, 0.3) is 0 Å². The number of nitrogens with two attached hydrogens (primary N) is 1. The first kappa shape index (κ1) is 25.2. The van der Waals surface area contributed by atoms with Gasteiger partial charge in [-0.1, -0.05) is 44.2 Å². The molecule has 3 aromatic rings. The van der Waals surface area contributed by atoms with Gasteiger partial charge in [-0.3, -0.25) is 9.59 Å². The van der Waals surface area contributed by atoms with Crippen molar-refractivity contribution in [1.29, 1.82) is 0 Å². The van der Waals surface area contributed by atoms with Gasteiger partial charge >= 0.3 is 0 Å². The Balaban J connectivity index is 2.15. The second-order valence-electron chi connectivity index (χ2n) is 8.35. The van der Waals surface area contributed by atoms with Gasteiger partial charge in [0.05, 0.1) is 24.9 Å². The van der Waals surface area contributed by atoms with E-state index in [0.717, 1.165) is 22.7 Å². The highest BCUT2D eigenvalue weighted by atomic mass is 32.1. The number of anilines is 1. The molecule has 3 rings (SSSR count). The lowest BCUT2D eigenvalue weighted by Crippen LogP contribution is -2.30. The summed E-state index contributed by atoms with van der Waals surface area (Å²) in [6, 6.07) is 11.5. The second-order valence-corrected chi connectivity index (χ2v) is 9.29. The van der Waals surface area contributed by atoms with E-state index in [1.165, 1.54) is 18.4 Å². The van der Waals surface area contributed by atoms with Crippen LogP contribution in [0.5, 0.6) is 5.75 Å². The van der Waals surface area contributed by atoms with Crippen LogP contribution in [0, 0.1) is 6.92 Å². The van der Waals surface area contributed by atoms with Crippen molar-refractivity contribution in [2.75, 3.05) is 19.5 Å². The lowest BCUT2D eigenvalue weighted by molar-refractivity contribution is 0.0784. The van der Waals surface area contributed by atoms with Crippen LogP contribution in [0.15, 0.2) is 41.8 Å². The van der Waals surface area contributed by atoms with Crippen molar-refractivity contribution in [3.05, 3.63) is 74.7 Å². The Bertz CT molecular complexity index is 1160. The standard InChI is InChI=1S/C26H32N4O3S/c1-6-16(2)22-19(25(27)31)12-20(33-5)24(28-13-18-10-8-7-9-11-18)23(22)26(32)30(4)14-21-29-17(3)15-34-21/h7-12,15-16,28H,6,13-14H2,1-5H3,(H2,27,31). The van der Waals surface area contributed by atoms with Gasteiger partial charge in [0.15, 0.2) is 0 Å². The van der Waals surface area contributed by atoms with Gasteiger partial charge in [0.2, 0.25) is 5.91 Å². The van der Waals surface area contributed by atoms with Gasteiger partial charge in [-0.15, -0.1) is 11.3 Å². The number of methoxy groups -OCH3 is 1. The average Bonchev–Trinajstić information content (AvgIpc) is 3.25. The Morgan fingerprint density at radius 2 is 1.97 bits per heavy atom. The largest absolute Gasteiger partial charge is 0.495 e. The summed E-state index contributed by atoms with van der Waals surface area (Å²) in [5, 5.41) is 6.20. The SMILES string of the molecule is CCC(C)c1c(C(N)=O)cc(OC)c(NCc2ccccc2)c1C(=O)N(C)Cc1nc(C)cs1. The molecule has 0 fully saturated rings. The van der Waals surface area contributed by atoms with Gasteiger partial charge in [0.25, 0.3) is 5.91 Å². The Kier molecular flexibility index (Phi) is 8.28. The van der Waals surface area contributed by atoms with E-state index in [9.17, 15) is 9.59 Å². The molecule has 2 aromatic carbocycles. The fraction of sp³-hybridized carbons (Fsp3) is 0.346. The maximum absolute atomic E-state index is 13.9. The zero-order valence-electron chi connectivity index (χ0n) is 20.3. The highest BCUT2D eigenvalue weighted by Gasteiger charge is 2.30. The van der Waals surface area contributed by atoms with Crippen molar-refractivity contribution in [1.82, 2.24) is 9.88 Å². The van der Waals surface area contributed by atoms with Crippen molar-refractivity contribution in [2.45, 2.75) is 46.2 Å². The molecule has 3 N–H and O–H groups in total. The predicted molar refractivity (Wildman–Crippen MR) is 137 cm³/mol. The molecule has 34 heavy (non-hydrogen) atoms. The molecule has 7 nitrogen and oxygen atoms in total. The zero-order chi connectivity index (χ0) is 24.8. The highest BCUT2D eigenvalue weighted by Crippen LogP contribution is 2.39. The molecule has 0 bridgehead atoms. The monoisotopic (exact) mass is 480 g/mol. The Morgan fingerprint density at radius 1 is 1.26 bits per heavy atom. The number of nitrogens with one attached hydrogen (secondary N) is 1. The number of primary amides is 1. The van der Waals surface area contributed by atoms with Gasteiger partial charge in [0, 0.05) is 30.2 Å². The normalized spacial score (nSPS) is 11.7. The van der Waals surface area contributed by atoms with E-state index >= 15 is 0 Å². The fourth-order valence-electron chi connectivity index (χ4n) is 3.88. The molecule has 0 saturated heterocycles. The number of rotatable bonds is 10. The number of ether oxygens (including phenoxy) is 1. The van der Waals surface area contributed by atoms with Crippen LogP contribution in [0.3, 0.4) is 0 Å². The van der Waals surface area contributed by atoms with Gasteiger partial charge in [-0.2, -0.15) is 0 Å². The Labute approximate surface area is 205 Å². The molecule has 2 amide bonds. The van der Waals surface area contributed by atoms with E-state index in [0.29, 0.717) is 41.2 Å². The molecule has 0 aliphatic rings. The van der Waals surface area contributed by atoms with E-state index in [4.69, 9.17) is 10.5 Å². The van der Waals surface area contributed by atoms with Crippen molar-refractivity contribution in [2.24, 2.45) is 5.73 Å². The summed E-state index contributed by atoms with van der Waals surface area (Å²) in [6.45, 7) is 6.79. The number of aromatic nitrogens is 1. The number of aryl methyl sites for hydroxylation is 1. The van der Waals surface area contributed by atoms with E-state index in [1.54, 1.807) is 18.0 Å². The molecule has 1 heterocycles. The minimum Gasteiger partial charge on any atom is -0.495 e. The number of benzene rings is 2. The maximum Gasteiger partial charge on any atom is 0.256 e. The summed E-state index contributed by atoms with van der Waals surface area (Å²) in [5.41, 5.74) is 9.65. The third-order valence-corrected chi connectivity index (χ3v) is 6.78. The van der Waals surface area contributed by atoms with Crippen LogP contribution in [-0.4, -0.2) is 35.9 Å². The number of hydrogen-bond donors (Lipinski definition) is 2. The molecule has 1 atom stereocenters. The minimum absolute atomic E-state index is 0.0693. The molecule has 8 heteroatoms. The third kappa shape index (κ3) is 5.56. The quantitative estimate of drug-likeness (QED) is 0.428. The van der Waals surface area contributed by atoms with E-state index in [2.05, 4.69) is 10.3 Å². The molecule has 0 radical (unpaired) electrons. The number of nitrogens with zero attached hydrogens (tertiary/aromatic N) is 2. The van der Waals surface area contributed by atoms with Crippen molar-refractivity contribution in [3.63, 3.8) is 0 Å². The number of carbonyl (C=O) groups excluding carboxylic acids is 2. The van der Waals surface area contributed by atoms with Crippen molar-refractivity contribution >= 4 is 28.8 Å². The van der Waals surface area contributed by atoms with Crippen molar-refractivity contribution in [3.8, 4) is 5.75 Å². The van der Waals surface area contributed by atoms with Gasteiger partial charge in [-0.05, 0) is 36.5 Å². The summed E-state index contributed by atoms with van der Waals surface area (Å²) in [6.07, 6.45) is 0.737. The van der Waals surface area contributed by atoms with Crippen LogP contribution in [0.4, 0.5) is 5.69 Å². The molecule has 0 aliphatic heterocycles. The first-order valence-electron chi connectivity index (χ1n) is 11.3. The zero-order valence-corrected chi connectivity index (χ0v) is 21.2. The van der Waals surface area contributed by atoms with Crippen LogP contribution in [0.2, 0.25) is 0 Å². The van der Waals surface area contributed by atoms with Crippen LogP contribution in [-0.2, 0) is 13.1 Å². The minimum atomic E-state index is -0.588. The number of carbonyl (C=O) groups is 2. The summed E-state index contributed by atoms with van der Waals surface area (Å²) in [5.74, 6) is -0.477. The summed E-state index contributed by atoms with van der Waals surface area (Å²) in [4.78, 5) is 32.5. The first-order chi connectivity index (χ1) is 16.3. The van der Waals surface area contributed by atoms with Gasteiger partial charge in [0.1, 0.15) is 10.8 Å². The van der Waals surface area contributed by atoms with Crippen LogP contribution >= 0.6 is 11.3 Å². The molecular weight excluding hydrogens is 448 g/mol. The average molecular weight is 481 g/mol. The third-order valence-electron chi connectivity index (χ3n) is 5.83. The van der Waals surface area contributed by atoms with E-state index in [-0.39, 0.29) is 11.8 Å². The maximum atomic E-state index is 13.9. The van der Waals surface area contributed by atoms with Gasteiger partial charge < -0.3 is 20.7 Å². The molecule has 180 valence electrons. The Hall–Kier alpha value is -3.39.